The van der Waals surface area contributed by atoms with Crippen molar-refractivity contribution in [3.8, 4) is 0 Å². The molecular formula is C14H23N3O. The molecule has 0 radical (unpaired) electrons. The molecule has 4 heteroatoms. The zero-order valence-corrected chi connectivity index (χ0v) is 11.8. The monoisotopic (exact) mass is 249 g/mol. The van der Waals surface area contributed by atoms with E-state index in [9.17, 15) is 4.79 Å². The van der Waals surface area contributed by atoms with Crippen molar-refractivity contribution in [3.63, 3.8) is 0 Å². The number of aryl methyl sites for hydroxylation is 2. The average molecular weight is 249 g/mol. The molecular weight excluding hydrogens is 226 g/mol. The van der Waals surface area contributed by atoms with Crippen molar-refractivity contribution in [1.82, 2.24) is 15.1 Å². The summed E-state index contributed by atoms with van der Waals surface area (Å²) in [5.41, 5.74) is 2.46. The molecule has 0 saturated heterocycles. The van der Waals surface area contributed by atoms with Gasteiger partial charge in [0.15, 0.2) is 0 Å². The Hall–Kier alpha value is -1.32. The molecule has 0 atom stereocenters. The highest BCUT2D eigenvalue weighted by atomic mass is 16.2. The van der Waals surface area contributed by atoms with Gasteiger partial charge in [-0.1, -0.05) is 13.8 Å². The molecule has 0 aromatic carbocycles. The van der Waals surface area contributed by atoms with Crippen LogP contribution in [0.4, 0.5) is 0 Å². The standard InChI is InChI=1S/C14H23N3O/c1-9(2)7-8-17(12-5-6-12)14(18)13-10(3)15-16-11(13)4/h9,12H,5-8H2,1-4H3,(H,15,16). The Kier molecular flexibility index (Phi) is 3.73. The molecule has 1 aromatic heterocycles. The van der Waals surface area contributed by atoms with E-state index in [4.69, 9.17) is 0 Å². The second-order valence-corrected chi connectivity index (χ2v) is 5.72. The topological polar surface area (TPSA) is 49.0 Å². The maximum Gasteiger partial charge on any atom is 0.257 e. The number of nitrogens with zero attached hydrogens (tertiary/aromatic N) is 2. The summed E-state index contributed by atoms with van der Waals surface area (Å²) in [4.78, 5) is 14.7. The van der Waals surface area contributed by atoms with E-state index in [0.717, 1.165) is 42.8 Å². The Morgan fingerprint density at radius 1 is 1.44 bits per heavy atom. The normalized spacial score (nSPS) is 15.2. The first-order valence-corrected chi connectivity index (χ1v) is 6.83. The highest BCUT2D eigenvalue weighted by Gasteiger charge is 2.34. The maximum absolute atomic E-state index is 12.6. The first-order chi connectivity index (χ1) is 8.50. The van der Waals surface area contributed by atoms with Crippen LogP contribution in [-0.2, 0) is 0 Å². The molecule has 1 amide bonds. The van der Waals surface area contributed by atoms with Gasteiger partial charge in [0.1, 0.15) is 0 Å². The summed E-state index contributed by atoms with van der Waals surface area (Å²) < 4.78 is 0. The van der Waals surface area contributed by atoms with Crippen molar-refractivity contribution < 1.29 is 4.79 Å². The molecule has 1 aliphatic rings. The summed E-state index contributed by atoms with van der Waals surface area (Å²) >= 11 is 0. The summed E-state index contributed by atoms with van der Waals surface area (Å²) in [6.45, 7) is 9.07. The van der Waals surface area contributed by atoms with Crippen molar-refractivity contribution in [3.05, 3.63) is 17.0 Å². The molecule has 0 aliphatic heterocycles. The number of aromatic nitrogens is 2. The van der Waals surface area contributed by atoms with Crippen molar-refractivity contribution in [2.75, 3.05) is 6.54 Å². The fourth-order valence-corrected chi connectivity index (χ4v) is 2.24. The van der Waals surface area contributed by atoms with Crippen LogP contribution in [0, 0.1) is 19.8 Å². The minimum atomic E-state index is 0.155. The molecule has 1 aliphatic carbocycles. The second kappa shape index (κ2) is 5.12. The first-order valence-electron chi connectivity index (χ1n) is 6.83. The van der Waals surface area contributed by atoms with Crippen LogP contribution in [0.5, 0.6) is 0 Å². The highest BCUT2D eigenvalue weighted by Crippen LogP contribution is 2.29. The van der Waals surface area contributed by atoms with Gasteiger partial charge >= 0.3 is 0 Å². The molecule has 4 nitrogen and oxygen atoms in total. The molecule has 2 rings (SSSR count). The van der Waals surface area contributed by atoms with Crippen LogP contribution in [0.3, 0.4) is 0 Å². The quantitative estimate of drug-likeness (QED) is 0.872. The number of amides is 1. The van der Waals surface area contributed by atoms with E-state index in [0.29, 0.717) is 12.0 Å². The van der Waals surface area contributed by atoms with E-state index in [1.165, 1.54) is 0 Å². The van der Waals surface area contributed by atoms with Gasteiger partial charge in [0, 0.05) is 18.3 Å². The number of carbonyl (C=O) groups is 1. The van der Waals surface area contributed by atoms with Crippen molar-refractivity contribution in [2.45, 2.75) is 53.0 Å². The Balaban J connectivity index is 2.13. The molecule has 1 N–H and O–H groups in total. The largest absolute Gasteiger partial charge is 0.336 e. The second-order valence-electron chi connectivity index (χ2n) is 5.72. The van der Waals surface area contributed by atoms with Gasteiger partial charge in [0.2, 0.25) is 0 Å². The van der Waals surface area contributed by atoms with Crippen LogP contribution in [0.2, 0.25) is 0 Å². The number of hydrogen-bond donors (Lipinski definition) is 1. The minimum Gasteiger partial charge on any atom is -0.336 e. The number of H-pyrrole nitrogens is 1. The van der Waals surface area contributed by atoms with Crippen molar-refractivity contribution in [1.29, 1.82) is 0 Å². The summed E-state index contributed by atoms with van der Waals surface area (Å²) in [6.07, 6.45) is 3.37. The predicted octanol–water partition coefficient (Wildman–Crippen LogP) is 2.68. The minimum absolute atomic E-state index is 0.155. The third-order valence-corrected chi connectivity index (χ3v) is 3.54. The molecule has 1 fully saturated rings. The lowest BCUT2D eigenvalue weighted by atomic mass is 10.1. The van der Waals surface area contributed by atoms with Gasteiger partial charge in [-0.2, -0.15) is 5.10 Å². The molecule has 100 valence electrons. The van der Waals surface area contributed by atoms with E-state index in [1.54, 1.807) is 0 Å². The number of aromatic amines is 1. The fourth-order valence-electron chi connectivity index (χ4n) is 2.24. The van der Waals surface area contributed by atoms with Crippen molar-refractivity contribution in [2.24, 2.45) is 5.92 Å². The number of carbonyl (C=O) groups excluding carboxylic acids is 1. The average Bonchev–Trinajstić information content (AvgIpc) is 3.06. The third kappa shape index (κ3) is 2.74. The van der Waals surface area contributed by atoms with Gasteiger partial charge in [-0.05, 0) is 39.0 Å². The molecule has 1 saturated carbocycles. The van der Waals surface area contributed by atoms with E-state index in [2.05, 4.69) is 24.0 Å². The zero-order chi connectivity index (χ0) is 13.3. The van der Waals surface area contributed by atoms with Gasteiger partial charge < -0.3 is 4.90 Å². The summed E-state index contributed by atoms with van der Waals surface area (Å²) in [6, 6.07) is 0.463. The molecule has 0 bridgehead atoms. The van der Waals surface area contributed by atoms with E-state index in [1.807, 2.05) is 18.7 Å². The SMILES string of the molecule is Cc1n[nH]c(C)c1C(=O)N(CCC(C)C)C1CC1. The first kappa shape index (κ1) is 13.1. The lowest BCUT2D eigenvalue weighted by Crippen LogP contribution is -2.35. The summed E-state index contributed by atoms with van der Waals surface area (Å²) in [5.74, 6) is 0.785. The smallest absolute Gasteiger partial charge is 0.257 e. The van der Waals surface area contributed by atoms with Gasteiger partial charge in [-0.25, -0.2) is 0 Å². The van der Waals surface area contributed by atoms with E-state index < -0.39 is 0 Å². The van der Waals surface area contributed by atoms with E-state index >= 15 is 0 Å². The van der Waals surface area contributed by atoms with Crippen LogP contribution in [0.25, 0.3) is 0 Å². The third-order valence-electron chi connectivity index (χ3n) is 3.54. The van der Waals surface area contributed by atoms with Gasteiger partial charge in [-0.15, -0.1) is 0 Å². The Morgan fingerprint density at radius 3 is 2.56 bits per heavy atom. The predicted molar refractivity (Wildman–Crippen MR) is 71.6 cm³/mol. The zero-order valence-electron chi connectivity index (χ0n) is 11.8. The van der Waals surface area contributed by atoms with Crippen LogP contribution in [0.1, 0.15) is 54.9 Å². The molecule has 0 spiro atoms. The lowest BCUT2D eigenvalue weighted by Gasteiger charge is -2.23. The van der Waals surface area contributed by atoms with Crippen LogP contribution in [-0.4, -0.2) is 33.6 Å². The number of hydrogen-bond acceptors (Lipinski definition) is 2. The van der Waals surface area contributed by atoms with Gasteiger partial charge in [0.05, 0.1) is 11.3 Å². The summed E-state index contributed by atoms with van der Waals surface area (Å²) in [5, 5.41) is 7.02. The molecule has 1 heterocycles. The lowest BCUT2D eigenvalue weighted by molar-refractivity contribution is 0.0734. The van der Waals surface area contributed by atoms with Crippen molar-refractivity contribution >= 4 is 5.91 Å². The Bertz CT molecular complexity index is 413. The van der Waals surface area contributed by atoms with E-state index in [-0.39, 0.29) is 5.91 Å². The summed E-state index contributed by atoms with van der Waals surface area (Å²) in [7, 11) is 0. The van der Waals surface area contributed by atoms with Gasteiger partial charge in [0.25, 0.3) is 5.91 Å². The van der Waals surface area contributed by atoms with Crippen LogP contribution in [0.15, 0.2) is 0 Å². The van der Waals surface area contributed by atoms with Crippen LogP contribution >= 0.6 is 0 Å². The fraction of sp³-hybridized carbons (Fsp3) is 0.714. The highest BCUT2D eigenvalue weighted by molar-refractivity contribution is 5.96. The Labute approximate surface area is 109 Å². The molecule has 1 aromatic rings. The van der Waals surface area contributed by atoms with Crippen LogP contribution < -0.4 is 0 Å². The number of rotatable bonds is 5. The van der Waals surface area contributed by atoms with Gasteiger partial charge in [-0.3, -0.25) is 9.89 Å². The molecule has 18 heavy (non-hydrogen) atoms. The maximum atomic E-state index is 12.6. The molecule has 0 unspecified atom stereocenters. The number of nitrogens with one attached hydrogen (secondary N) is 1. The Morgan fingerprint density at radius 2 is 2.11 bits per heavy atom.